The maximum absolute atomic E-state index is 13.8. The second-order valence-corrected chi connectivity index (χ2v) is 6.12. The summed E-state index contributed by atoms with van der Waals surface area (Å²) in [5, 5.41) is 15.5. The maximum Gasteiger partial charge on any atom is 0.354 e. The van der Waals surface area contributed by atoms with E-state index < -0.39 is 10.7 Å². The molecule has 2 aromatic carbocycles. The minimum absolute atomic E-state index is 0. The van der Waals surface area contributed by atoms with Crippen LogP contribution in [0.1, 0.15) is 10.4 Å². The molecule has 0 amide bonds. The first-order valence-electron chi connectivity index (χ1n) is 7.14. The molecule has 1 aromatic heterocycles. The van der Waals surface area contributed by atoms with Gasteiger partial charge in [-0.25, -0.2) is 4.39 Å². The van der Waals surface area contributed by atoms with Gasteiger partial charge in [0.1, 0.15) is 5.82 Å². The van der Waals surface area contributed by atoms with Gasteiger partial charge in [0.05, 0.1) is 10.5 Å². The lowest BCUT2D eigenvalue weighted by atomic mass is 10.1. The quantitative estimate of drug-likeness (QED) is 0.253. The summed E-state index contributed by atoms with van der Waals surface area (Å²) in [5.41, 5.74) is 6.39. The van der Waals surface area contributed by atoms with Gasteiger partial charge in [-0.2, -0.15) is 0 Å². The number of non-ortho nitro benzene ring substituents is 1. The van der Waals surface area contributed by atoms with Gasteiger partial charge in [-0.1, -0.05) is 17.2 Å². The molecule has 1 heterocycles. The third kappa shape index (κ3) is 4.09. The van der Waals surface area contributed by atoms with Crippen LogP contribution in [0.25, 0.3) is 10.6 Å². The summed E-state index contributed by atoms with van der Waals surface area (Å²) >= 11 is 1.07. The molecule has 0 radical (unpaired) electrons. The molecule has 2 N–H and O–H groups in total. The molecule has 26 heavy (non-hydrogen) atoms. The molecule has 0 unspecified atom stereocenters. The lowest BCUT2D eigenvalue weighted by Gasteiger charge is -1.98. The minimum atomic E-state index is -0.540. The number of hydrogen-bond acceptors (Lipinski definition) is 6. The van der Waals surface area contributed by atoms with Crippen LogP contribution in [0.5, 0.6) is 0 Å². The largest absolute Gasteiger partial charge is 1.00 e. The number of rotatable bonds is 5. The average molecular weight is 439 g/mol. The van der Waals surface area contributed by atoms with Crippen molar-refractivity contribution < 1.29 is 35.8 Å². The Balaban J connectivity index is 0.00000243. The number of Topliss-reactive ketones (excluding diaryl/α,β-unsaturated/α-hetero) is 1. The number of benzene rings is 2. The molecule has 0 aliphatic rings. The third-order valence-electron chi connectivity index (χ3n) is 3.46. The predicted octanol–water partition coefficient (Wildman–Crippen LogP) is -0.386. The highest BCUT2D eigenvalue weighted by Crippen LogP contribution is 2.26. The summed E-state index contributed by atoms with van der Waals surface area (Å²) in [6, 6.07) is 11.4. The van der Waals surface area contributed by atoms with Gasteiger partial charge in [-0.15, -0.1) is 4.68 Å². The Morgan fingerprint density at radius 3 is 2.50 bits per heavy atom. The van der Waals surface area contributed by atoms with E-state index in [0.29, 0.717) is 16.1 Å². The van der Waals surface area contributed by atoms with E-state index in [4.69, 9.17) is 5.73 Å². The van der Waals surface area contributed by atoms with Gasteiger partial charge in [0, 0.05) is 17.7 Å². The Bertz CT molecular complexity index is 962. The first kappa shape index (κ1) is 19.6. The maximum atomic E-state index is 13.8. The number of ketones is 1. The second kappa shape index (κ2) is 8.11. The van der Waals surface area contributed by atoms with E-state index in [0.717, 1.165) is 11.3 Å². The zero-order valence-corrected chi connectivity index (χ0v) is 15.5. The molecule has 0 atom stereocenters. The standard InChI is InChI=1S/C16H11FN4O3S.BrH/c17-13-4-2-1-3-12(13)15-19-20(16(18)25-15)9-14(22)10-5-7-11(8-6-10)21(23)24;/h1-8,18H,9H2;1H. The van der Waals surface area contributed by atoms with Crippen molar-refractivity contribution in [1.82, 2.24) is 5.10 Å². The number of carbonyl (C=O) groups is 1. The van der Waals surface area contributed by atoms with Gasteiger partial charge >= 0.3 is 5.13 Å². The number of nitro benzene ring substituents is 1. The van der Waals surface area contributed by atoms with E-state index in [2.05, 4.69) is 5.10 Å². The normalized spacial score (nSPS) is 10.2. The molecule has 0 fully saturated rings. The number of anilines is 1. The van der Waals surface area contributed by atoms with E-state index in [1.807, 2.05) is 0 Å². The molecule has 0 saturated heterocycles. The highest BCUT2D eigenvalue weighted by molar-refractivity contribution is 7.17. The van der Waals surface area contributed by atoms with E-state index >= 15 is 0 Å². The van der Waals surface area contributed by atoms with E-state index in [9.17, 15) is 19.3 Å². The third-order valence-corrected chi connectivity index (χ3v) is 4.38. The summed E-state index contributed by atoms with van der Waals surface area (Å²) in [7, 11) is 0. The van der Waals surface area contributed by atoms with Crippen molar-refractivity contribution in [3.63, 3.8) is 0 Å². The van der Waals surface area contributed by atoms with Crippen LogP contribution in [0.3, 0.4) is 0 Å². The summed E-state index contributed by atoms with van der Waals surface area (Å²) in [6.07, 6.45) is 0. The molecule has 10 heteroatoms. The molecular formula is C16H12BrFN4O3S. The first-order valence-corrected chi connectivity index (χ1v) is 7.96. The van der Waals surface area contributed by atoms with Gasteiger partial charge < -0.3 is 17.0 Å². The van der Waals surface area contributed by atoms with Crippen LogP contribution in [0.15, 0.2) is 48.5 Å². The van der Waals surface area contributed by atoms with E-state index in [1.165, 1.54) is 35.0 Å². The van der Waals surface area contributed by atoms with Crippen molar-refractivity contribution in [2.45, 2.75) is 6.54 Å². The van der Waals surface area contributed by atoms with Crippen LogP contribution in [-0.2, 0) is 6.54 Å². The monoisotopic (exact) mass is 438 g/mol. The van der Waals surface area contributed by atoms with Gasteiger partial charge in [-0.3, -0.25) is 20.6 Å². The Morgan fingerprint density at radius 1 is 1.23 bits per heavy atom. The van der Waals surface area contributed by atoms with Crippen LogP contribution >= 0.6 is 11.3 Å². The molecule has 0 saturated carbocycles. The van der Waals surface area contributed by atoms with Gasteiger partial charge in [0.2, 0.25) is 5.78 Å². The van der Waals surface area contributed by atoms with Crippen LogP contribution in [-0.4, -0.2) is 15.8 Å². The van der Waals surface area contributed by atoms with Crippen LogP contribution < -0.4 is 27.4 Å². The molecule has 0 aliphatic heterocycles. The van der Waals surface area contributed by atoms with Crippen molar-refractivity contribution in [3.8, 4) is 10.6 Å². The number of hydrogen-bond donors (Lipinski definition) is 1. The molecule has 0 aliphatic carbocycles. The average Bonchev–Trinajstić information content (AvgIpc) is 2.95. The summed E-state index contributed by atoms with van der Waals surface area (Å²) < 4.78 is 15.1. The summed E-state index contributed by atoms with van der Waals surface area (Å²) in [4.78, 5) is 22.4. The number of nitrogen functional groups attached to an aromatic ring is 1. The molecule has 7 nitrogen and oxygen atoms in total. The fourth-order valence-corrected chi connectivity index (χ4v) is 3.01. The van der Waals surface area contributed by atoms with Gasteiger partial charge in [-0.05, 0) is 35.6 Å². The molecule has 134 valence electrons. The van der Waals surface area contributed by atoms with Crippen molar-refractivity contribution in [2.24, 2.45) is 0 Å². The number of aromatic nitrogens is 2. The molecule has 0 bridgehead atoms. The number of nitro groups is 1. The lowest BCUT2D eigenvalue weighted by molar-refractivity contribution is -0.722. The Kier molecular flexibility index (Phi) is 6.11. The summed E-state index contributed by atoms with van der Waals surface area (Å²) in [5.74, 6) is -0.734. The lowest BCUT2D eigenvalue weighted by Crippen LogP contribution is -3.00. The smallest absolute Gasteiger partial charge is 0.354 e. The number of nitrogens with zero attached hydrogens (tertiary/aromatic N) is 3. The van der Waals surface area contributed by atoms with Gasteiger partial charge in [0.15, 0.2) is 11.6 Å². The number of nitrogens with two attached hydrogens (primary N) is 1. The van der Waals surface area contributed by atoms with Crippen LogP contribution in [0, 0.1) is 15.9 Å². The highest BCUT2D eigenvalue weighted by atomic mass is 79.9. The fourth-order valence-electron chi connectivity index (χ4n) is 2.18. The molecule has 0 spiro atoms. The zero-order chi connectivity index (χ0) is 18.0. The molecule has 3 aromatic rings. The van der Waals surface area contributed by atoms with Crippen LogP contribution in [0.2, 0.25) is 0 Å². The molecular weight excluding hydrogens is 427 g/mol. The van der Waals surface area contributed by atoms with Crippen molar-refractivity contribution in [2.75, 3.05) is 5.73 Å². The summed E-state index contributed by atoms with van der Waals surface area (Å²) in [6.45, 7) is -0.144. The first-order chi connectivity index (χ1) is 12.0. The van der Waals surface area contributed by atoms with Crippen molar-refractivity contribution >= 4 is 27.9 Å². The minimum Gasteiger partial charge on any atom is -1.00 e. The van der Waals surface area contributed by atoms with E-state index in [-0.39, 0.29) is 40.1 Å². The molecule has 3 rings (SSSR count). The highest BCUT2D eigenvalue weighted by Gasteiger charge is 2.21. The van der Waals surface area contributed by atoms with Crippen molar-refractivity contribution in [1.29, 1.82) is 0 Å². The zero-order valence-electron chi connectivity index (χ0n) is 13.1. The Labute approximate surface area is 161 Å². The van der Waals surface area contributed by atoms with Crippen molar-refractivity contribution in [3.05, 3.63) is 70.0 Å². The SMILES string of the molecule is Nc1sc(-c2ccccc2F)n[n+]1CC(=O)c1ccc([N+](=O)[O-])cc1.[Br-]. The topological polar surface area (TPSA) is 103 Å². The number of carbonyl (C=O) groups excluding carboxylic acids is 1. The fraction of sp³-hybridized carbons (Fsp3) is 0.0625. The second-order valence-electron chi connectivity index (χ2n) is 5.11. The Morgan fingerprint density at radius 2 is 1.88 bits per heavy atom. The Hall–Kier alpha value is -2.72. The van der Waals surface area contributed by atoms with Gasteiger partial charge in [0.25, 0.3) is 5.69 Å². The number of halogens is 2. The van der Waals surface area contributed by atoms with E-state index in [1.54, 1.807) is 18.2 Å². The predicted molar refractivity (Wildman–Crippen MR) is 89.5 cm³/mol. The van der Waals surface area contributed by atoms with Crippen LogP contribution in [0.4, 0.5) is 15.2 Å².